The lowest BCUT2D eigenvalue weighted by Gasteiger charge is -2.06. The minimum Gasteiger partial charge on any atom is -0.493 e. The molecule has 3 rings (SSSR count). The van der Waals surface area contributed by atoms with Crippen molar-refractivity contribution in [3.8, 4) is 5.75 Å². The lowest BCUT2D eigenvalue weighted by atomic mass is 10.1. The lowest BCUT2D eigenvalue weighted by Crippen LogP contribution is -2.20. The Hall–Kier alpha value is -1.81. The fourth-order valence-corrected chi connectivity index (χ4v) is 2.59. The lowest BCUT2D eigenvalue weighted by molar-refractivity contribution is 0.357. The first kappa shape index (κ1) is 13.2. The number of nitrogens with one attached hydrogen (secondary N) is 1. The summed E-state index contributed by atoms with van der Waals surface area (Å²) in [6.45, 7) is 2.85. The topological polar surface area (TPSA) is 39.1 Å². The van der Waals surface area contributed by atoms with Gasteiger partial charge >= 0.3 is 0 Å². The Morgan fingerprint density at radius 1 is 1.25 bits per heavy atom. The van der Waals surface area contributed by atoms with Crippen molar-refractivity contribution in [2.24, 2.45) is 7.05 Å². The Labute approximate surface area is 119 Å². The average molecular weight is 271 g/mol. The van der Waals surface area contributed by atoms with E-state index < -0.39 is 0 Å². The molecular formula is C16H21N3O. The molecule has 1 aliphatic heterocycles. The van der Waals surface area contributed by atoms with Crippen molar-refractivity contribution >= 4 is 0 Å². The largest absolute Gasteiger partial charge is 0.493 e. The number of hydrogen-bond acceptors (Lipinski definition) is 3. The number of aryl methyl sites for hydroxylation is 1. The van der Waals surface area contributed by atoms with E-state index in [1.807, 2.05) is 17.9 Å². The van der Waals surface area contributed by atoms with Gasteiger partial charge in [-0.05, 0) is 48.7 Å². The Morgan fingerprint density at radius 3 is 2.90 bits per heavy atom. The number of rotatable bonds is 6. The van der Waals surface area contributed by atoms with Crippen LogP contribution in [0.5, 0.6) is 5.75 Å². The van der Waals surface area contributed by atoms with Gasteiger partial charge in [0.25, 0.3) is 0 Å². The molecule has 0 radical (unpaired) electrons. The zero-order valence-corrected chi connectivity index (χ0v) is 11.9. The van der Waals surface area contributed by atoms with E-state index in [0.717, 1.165) is 44.7 Å². The third kappa shape index (κ3) is 3.20. The molecule has 20 heavy (non-hydrogen) atoms. The van der Waals surface area contributed by atoms with Gasteiger partial charge in [0.1, 0.15) is 5.75 Å². The van der Waals surface area contributed by atoms with Gasteiger partial charge in [-0.3, -0.25) is 4.68 Å². The quantitative estimate of drug-likeness (QED) is 0.813. The predicted molar refractivity (Wildman–Crippen MR) is 79.1 cm³/mol. The van der Waals surface area contributed by atoms with Crippen LogP contribution in [0, 0.1) is 0 Å². The van der Waals surface area contributed by atoms with Gasteiger partial charge in [0.05, 0.1) is 12.8 Å². The highest BCUT2D eigenvalue weighted by Crippen LogP contribution is 2.25. The van der Waals surface area contributed by atoms with Crippen LogP contribution >= 0.6 is 0 Å². The first-order valence-electron chi connectivity index (χ1n) is 7.24. The second kappa shape index (κ2) is 6.09. The van der Waals surface area contributed by atoms with Gasteiger partial charge in [0.15, 0.2) is 0 Å². The first-order chi connectivity index (χ1) is 9.81. The normalized spacial score (nSPS) is 13.2. The summed E-state index contributed by atoms with van der Waals surface area (Å²) in [5.41, 5.74) is 4.04. The maximum Gasteiger partial charge on any atom is 0.122 e. The van der Waals surface area contributed by atoms with Crippen molar-refractivity contribution < 1.29 is 4.74 Å². The van der Waals surface area contributed by atoms with E-state index in [1.54, 1.807) is 0 Å². The number of aromatic nitrogens is 2. The van der Waals surface area contributed by atoms with Gasteiger partial charge in [-0.15, -0.1) is 0 Å². The molecule has 0 amide bonds. The van der Waals surface area contributed by atoms with Crippen LogP contribution in [-0.4, -0.2) is 29.5 Å². The zero-order chi connectivity index (χ0) is 13.8. The molecule has 2 aromatic rings. The molecule has 0 fully saturated rings. The van der Waals surface area contributed by atoms with Gasteiger partial charge in [0, 0.05) is 19.7 Å². The maximum atomic E-state index is 5.52. The Bertz CT molecular complexity index is 577. The van der Waals surface area contributed by atoms with Crippen LogP contribution < -0.4 is 10.1 Å². The smallest absolute Gasteiger partial charge is 0.122 e. The summed E-state index contributed by atoms with van der Waals surface area (Å²) < 4.78 is 7.37. The summed E-state index contributed by atoms with van der Waals surface area (Å²) in [6, 6.07) is 6.56. The second-order valence-electron chi connectivity index (χ2n) is 5.31. The van der Waals surface area contributed by atoms with Gasteiger partial charge in [-0.1, -0.05) is 12.1 Å². The molecule has 106 valence electrons. The molecule has 0 unspecified atom stereocenters. The van der Waals surface area contributed by atoms with E-state index in [1.165, 1.54) is 16.7 Å². The molecule has 4 heteroatoms. The number of ether oxygens (including phenoxy) is 1. The molecule has 0 saturated carbocycles. The van der Waals surface area contributed by atoms with Crippen LogP contribution in [-0.2, 0) is 26.3 Å². The highest BCUT2D eigenvalue weighted by atomic mass is 16.5. The number of benzene rings is 1. The maximum absolute atomic E-state index is 5.52. The van der Waals surface area contributed by atoms with Crippen LogP contribution in [0.4, 0.5) is 0 Å². The number of fused-ring (bicyclic) bond motifs is 1. The van der Waals surface area contributed by atoms with Crippen molar-refractivity contribution in [1.29, 1.82) is 0 Å². The summed E-state index contributed by atoms with van der Waals surface area (Å²) in [4.78, 5) is 0. The van der Waals surface area contributed by atoms with E-state index in [-0.39, 0.29) is 0 Å². The molecule has 0 saturated heterocycles. The van der Waals surface area contributed by atoms with E-state index >= 15 is 0 Å². The molecule has 0 spiro atoms. The molecule has 0 atom stereocenters. The van der Waals surface area contributed by atoms with Gasteiger partial charge < -0.3 is 10.1 Å². The number of hydrogen-bond donors (Lipinski definition) is 1. The predicted octanol–water partition coefficient (Wildman–Crippen LogP) is 1.73. The fourth-order valence-electron chi connectivity index (χ4n) is 2.59. The molecule has 1 aromatic heterocycles. The standard InChI is InChI=1S/C16H21N3O/c1-19-12-14(11-18-19)5-8-17-7-4-13-2-3-16-15(10-13)6-9-20-16/h2-3,10-12,17H,4-9H2,1H3. The SMILES string of the molecule is Cn1cc(CCNCCc2ccc3c(c2)CCO3)cn1. The second-order valence-corrected chi connectivity index (χ2v) is 5.31. The van der Waals surface area contributed by atoms with Crippen LogP contribution in [0.1, 0.15) is 16.7 Å². The van der Waals surface area contributed by atoms with Crippen LogP contribution in [0.3, 0.4) is 0 Å². The van der Waals surface area contributed by atoms with Gasteiger partial charge in [-0.25, -0.2) is 0 Å². The molecule has 2 heterocycles. The molecule has 1 aromatic carbocycles. The third-order valence-electron chi connectivity index (χ3n) is 3.69. The summed E-state index contributed by atoms with van der Waals surface area (Å²) in [5, 5.41) is 7.66. The highest BCUT2D eigenvalue weighted by Gasteiger charge is 2.11. The fraction of sp³-hybridized carbons (Fsp3) is 0.438. The van der Waals surface area contributed by atoms with E-state index in [2.05, 4.69) is 34.8 Å². The average Bonchev–Trinajstić information content (AvgIpc) is 3.06. The molecule has 1 N–H and O–H groups in total. The molecule has 0 aliphatic carbocycles. The molecule has 1 aliphatic rings. The minimum atomic E-state index is 0.835. The summed E-state index contributed by atoms with van der Waals surface area (Å²) in [6.07, 6.45) is 7.16. The summed E-state index contributed by atoms with van der Waals surface area (Å²) in [7, 11) is 1.95. The van der Waals surface area contributed by atoms with Crippen LogP contribution in [0.2, 0.25) is 0 Å². The summed E-state index contributed by atoms with van der Waals surface area (Å²) in [5.74, 6) is 1.07. The van der Waals surface area contributed by atoms with Crippen LogP contribution in [0.15, 0.2) is 30.6 Å². The molecular weight excluding hydrogens is 250 g/mol. The summed E-state index contributed by atoms with van der Waals surface area (Å²) >= 11 is 0. The number of nitrogens with zero attached hydrogens (tertiary/aromatic N) is 2. The van der Waals surface area contributed by atoms with Crippen molar-refractivity contribution in [3.05, 3.63) is 47.3 Å². The van der Waals surface area contributed by atoms with Crippen molar-refractivity contribution in [3.63, 3.8) is 0 Å². The van der Waals surface area contributed by atoms with E-state index in [9.17, 15) is 0 Å². The highest BCUT2D eigenvalue weighted by molar-refractivity contribution is 5.39. The molecule has 4 nitrogen and oxygen atoms in total. The van der Waals surface area contributed by atoms with Crippen LogP contribution in [0.25, 0.3) is 0 Å². The minimum absolute atomic E-state index is 0.835. The van der Waals surface area contributed by atoms with Gasteiger partial charge in [-0.2, -0.15) is 5.10 Å². The molecule has 0 bridgehead atoms. The Balaban J connectivity index is 1.39. The first-order valence-corrected chi connectivity index (χ1v) is 7.24. The Morgan fingerprint density at radius 2 is 2.10 bits per heavy atom. The van der Waals surface area contributed by atoms with E-state index in [4.69, 9.17) is 4.74 Å². The third-order valence-corrected chi connectivity index (χ3v) is 3.69. The van der Waals surface area contributed by atoms with Crippen molar-refractivity contribution in [1.82, 2.24) is 15.1 Å². The van der Waals surface area contributed by atoms with Crippen molar-refractivity contribution in [2.75, 3.05) is 19.7 Å². The zero-order valence-electron chi connectivity index (χ0n) is 11.9. The monoisotopic (exact) mass is 271 g/mol. The van der Waals surface area contributed by atoms with Gasteiger partial charge in [0.2, 0.25) is 0 Å². The van der Waals surface area contributed by atoms with E-state index in [0.29, 0.717) is 0 Å². The van der Waals surface area contributed by atoms with Crippen molar-refractivity contribution in [2.45, 2.75) is 19.3 Å². The Kier molecular flexibility index (Phi) is 4.02.